The van der Waals surface area contributed by atoms with Gasteiger partial charge in [0.1, 0.15) is 0 Å². The van der Waals surface area contributed by atoms with Crippen LogP contribution in [0.2, 0.25) is 0 Å². The summed E-state index contributed by atoms with van der Waals surface area (Å²) in [7, 11) is 1.08. The second-order valence-electron chi connectivity index (χ2n) is 1.58. The lowest BCUT2D eigenvalue weighted by Gasteiger charge is -1.99. The Balaban J connectivity index is 0. The van der Waals surface area contributed by atoms with E-state index in [4.69, 9.17) is 11.1 Å². The predicted molar refractivity (Wildman–Crippen MR) is 45.7 cm³/mol. The number of nitrogens with zero attached hydrogens (tertiary/aromatic N) is 1. The average Bonchev–Trinajstić information content (AvgIpc) is 2.04. The van der Waals surface area contributed by atoms with E-state index in [1.807, 2.05) is 0 Å². The standard InChI is InChI=1S/C5H8FN3O3.ClH/c1-11-5(10)3(4(7)8)9-12-2-6;/h2H2,1H3,(H3,7,8);1H/b9-3-;. The van der Waals surface area contributed by atoms with Gasteiger partial charge in [-0.1, -0.05) is 5.16 Å². The summed E-state index contributed by atoms with van der Waals surface area (Å²) in [5.74, 6) is -1.59. The summed E-state index contributed by atoms with van der Waals surface area (Å²) >= 11 is 0. The molecule has 0 saturated carbocycles. The summed E-state index contributed by atoms with van der Waals surface area (Å²) in [5, 5.41) is 9.74. The molecule has 0 radical (unpaired) electrons. The highest BCUT2D eigenvalue weighted by Crippen LogP contribution is 1.86. The van der Waals surface area contributed by atoms with Crippen LogP contribution < -0.4 is 5.73 Å². The summed E-state index contributed by atoms with van der Waals surface area (Å²) < 4.78 is 15.6. The summed E-state index contributed by atoms with van der Waals surface area (Å²) in [6, 6.07) is 0. The van der Waals surface area contributed by atoms with Gasteiger partial charge in [-0.05, 0) is 0 Å². The number of esters is 1. The van der Waals surface area contributed by atoms with Crippen LogP contribution >= 0.6 is 12.4 Å². The molecule has 13 heavy (non-hydrogen) atoms. The van der Waals surface area contributed by atoms with Crippen LogP contribution in [0.25, 0.3) is 0 Å². The second-order valence-corrected chi connectivity index (χ2v) is 1.58. The number of hydrogen-bond acceptors (Lipinski definition) is 5. The molecular formula is C5H9ClFN3O3. The van der Waals surface area contributed by atoms with Crippen LogP contribution in [0.15, 0.2) is 5.16 Å². The zero-order valence-electron chi connectivity index (χ0n) is 6.74. The van der Waals surface area contributed by atoms with Gasteiger partial charge in [-0.15, -0.1) is 12.4 Å². The number of halogens is 2. The molecule has 8 heteroatoms. The minimum atomic E-state index is -1.20. The second kappa shape index (κ2) is 7.29. The predicted octanol–water partition coefficient (Wildman–Crippen LogP) is -0.183. The lowest BCUT2D eigenvalue weighted by Crippen LogP contribution is -2.31. The fourth-order valence-electron chi connectivity index (χ4n) is 0.382. The molecule has 76 valence electrons. The van der Waals surface area contributed by atoms with Crippen molar-refractivity contribution < 1.29 is 18.8 Å². The number of oxime groups is 1. The van der Waals surface area contributed by atoms with Gasteiger partial charge in [-0.25, -0.2) is 9.18 Å². The van der Waals surface area contributed by atoms with Gasteiger partial charge in [0.2, 0.25) is 5.71 Å². The fraction of sp³-hybridized carbons (Fsp3) is 0.400. The third kappa shape index (κ3) is 4.96. The van der Waals surface area contributed by atoms with Gasteiger partial charge in [0.05, 0.1) is 7.11 Å². The number of hydrogen-bond donors (Lipinski definition) is 2. The van der Waals surface area contributed by atoms with Crippen LogP contribution in [0.1, 0.15) is 0 Å². The number of nitrogens with two attached hydrogens (primary N) is 1. The molecule has 0 bridgehead atoms. The number of methoxy groups -OCH3 is 1. The van der Waals surface area contributed by atoms with E-state index in [0.717, 1.165) is 7.11 Å². The highest BCUT2D eigenvalue weighted by atomic mass is 35.5. The lowest BCUT2D eigenvalue weighted by atomic mass is 10.3. The van der Waals surface area contributed by atoms with Crippen molar-refractivity contribution in [2.45, 2.75) is 0 Å². The van der Waals surface area contributed by atoms with Crippen molar-refractivity contribution in [1.82, 2.24) is 0 Å². The van der Waals surface area contributed by atoms with E-state index in [1.54, 1.807) is 0 Å². The van der Waals surface area contributed by atoms with Crippen molar-refractivity contribution in [2.75, 3.05) is 14.0 Å². The van der Waals surface area contributed by atoms with Crippen LogP contribution in [0.3, 0.4) is 0 Å². The summed E-state index contributed by atoms with van der Waals surface area (Å²) in [5.41, 5.74) is 4.34. The summed E-state index contributed by atoms with van der Waals surface area (Å²) in [6.45, 7) is -1.20. The van der Waals surface area contributed by atoms with Crippen LogP contribution in [0, 0.1) is 5.41 Å². The lowest BCUT2D eigenvalue weighted by molar-refractivity contribution is -0.132. The third-order valence-corrected chi connectivity index (χ3v) is 0.838. The van der Waals surface area contributed by atoms with Crippen molar-refractivity contribution >= 4 is 29.9 Å². The third-order valence-electron chi connectivity index (χ3n) is 0.838. The van der Waals surface area contributed by atoms with Gasteiger partial charge in [0, 0.05) is 0 Å². The van der Waals surface area contributed by atoms with Crippen LogP contribution in [-0.2, 0) is 14.4 Å². The smallest absolute Gasteiger partial charge is 0.364 e. The van der Waals surface area contributed by atoms with E-state index in [2.05, 4.69) is 14.7 Å². The molecule has 0 heterocycles. The van der Waals surface area contributed by atoms with E-state index >= 15 is 0 Å². The molecule has 0 saturated heterocycles. The molecular weight excluding hydrogens is 205 g/mol. The van der Waals surface area contributed by atoms with Gasteiger partial charge >= 0.3 is 5.97 Å². The zero-order chi connectivity index (χ0) is 9.56. The first-order valence-electron chi connectivity index (χ1n) is 2.82. The summed E-state index contributed by atoms with van der Waals surface area (Å²) in [4.78, 5) is 14.6. The molecule has 0 amide bonds. The topological polar surface area (TPSA) is 97.8 Å². The monoisotopic (exact) mass is 213 g/mol. The van der Waals surface area contributed by atoms with Crippen LogP contribution in [-0.4, -0.2) is 31.5 Å². The molecule has 0 atom stereocenters. The van der Waals surface area contributed by atoms with Gasteiger partial charge in [-0.3, -0.25) is 5.41 Å². The first-order valence-corrected chi connectivity index (χ1v) is 2.82. The molecule has 0 aromatic rings. The number of carbonyl (C=O) groups is 1. The molecule has 0 aromatic carbocycles. The fourth-order valence-corrected chi connectivity index (χ4v) is 0.382. The summed E-state index contributed by atoms with van der Waals surface area (Å²) in [6.07, 6.45) is 0. The Labute approximate surface area is 79.8 Å². The van der Waals surface area contributed by atoms with Gasteiger partial charge in [0.25, 0.3) is 6.86 Å². The molecule has 0 aliphatic heterocycles. The number of ether oxygens (including phenoxy) is 1. The number of rotatable bonds is 4. The maximum absolute atomic E-state index is 11.4. The molecule has 0 unspecified atom stereocenters. The van der Waals surface area contributed by atoms with Crippen molar-refractivity contribution in [1.29, 1.82) is 5.41 Å². The van der Waals surface area contributed by atoms with E-state index in [-0.39, 0.29) is 12.4 Å². The Kier molecular flexibility index (Phi) is 7.94. The Morgan fingerprint density at radius 3 is 2.54 bits per heavy atom. The molecule has 0 fully saturated rings. The molecule has 0 aliphatic rings. The molecule has 0 spiro atoms. The largest absolute Gasteiger partial charge is 0.464 e. The number of amidine groups is 1. The highest BCUT2D eigenvalue weighted by Gasteiger charge is 2.15. The van der Waals surface area contributed by atoms with Crippen LogP contribution in [0.5, 0.6) is 0 Å². The zero-order valence-corrected chi connectivity index (χ0v) is 7.56. The van der Waals surface area contributed by atoms with Crippen molar-refractivity contribution in [3.05, 3.63) is 0 Å². The highest BCUT2D eigenvalue weighted by molar-refractivity contribution is 6.64. The van der Waals surface area contributed by atoms with E-state index in [1.165, 1.54) is 0 Å². The van der Waals surface area contributed by atoms with Crippen LogP contribution in [0.4, 0.5) is 4.39 Å². The molecule has 3 N–H and O–H groups in total. The quantitative estimate of drug-likeness (QED) is 0.293. The van der Waals surface area contributed by atoms with E-state index in [0.29, 0.717) is 0 Å². The average molecular weight is 214 g/mol. The Hall–Kier alpha value is -1.37. The first kappa shape index (κ1) is 14.2. The molecule has 0 aromatic heterocycles. The van der Waals surface area contributed by atoms with E-state index < -0.39 is 24.4 Å². The van der Waals surface area contributed by atoms with Crippen molar-refractivity contribution in [2.24, 2.45) is 10.9 Å². The minimum Gasteiger partial charge on any atom is -0.464 e. The van der Waals surface area contributed by atoms with Crippen molar-refractivity contribution in [3.63, 3.8) is 0 Å². The minimum absolute atomic E-state index is 0. The maximum atomic E-state index is 11.4. The van der Waals surface area contributed by atoms with Gasteiger partial charge in [-0.2, -0.15) is 0 Å². The molecule has 0 aliphatic carbocycles. The normalized spacial score (nSPS) is 9.85. The number of nitrogens with one attached hydrogen (secondary N) is 1. The van der Waals surface area contributed by atoms with Crippen molar-refractivity contribution in [3.8, 4) is 0 Å². The SMILES string of the molecule is COC(=O)/C(=N\OCF)C(=N)N.Cl. The first-order chi connectivity index (χ1) is 5.63. The Morgan fingerprint density at radius 2 is 2.23 bits per heavy atom. The Morgan fingerprint density at radius 1 is 1.69 bits per heavy atom. The molecule has 0 rings (SSSR count). The maximum Gasteiger partial charge on any atom is 0.364 e. The Bertz CT molecular complexity index is 221. The number of carbonyl (C=O) groups excluding carboxylic acids is 1. The van der Waals surface area contributed by atoms with Gasteiger partial charge in [0.15, 0.2) is 5.84 Å². The van der Waals surface area contributed by atoms with Gasteiger partial charge < -0.3 is 15.3 Å². The van der Waals surface area contributed by atoms with E-state index in [9.17, 15) is 9.18 Å². The molecule has 6 nitrogen and oxygen atoms in total. The number of alkyl halides is 1.